The van der Waals surface area contributed by atoms with Gasteiger partial charge in [0.05, 0.1) is 0 Å². The van der Waals surface area contributed by atoms with E-state index in [2.05, 4.69) is 32.9 Å². The number of phenols is 1. The first kappa shape index (κ1) is 18.1. The smallest absolute Gasteiger partial charge is 0.115 e. The number of benzene rings is 1. The first-order valence-electron chi connectivity index (χ1n) is 11.8. The summed E-state index contributed by atoms with van der Waals surface area (Å²) in [6, 6.07) is 6.30. The van der Waals surface area contributed by atoms with Gasteiger partial charge in [0.2, 0.25) is 0 Å². The molecule has 3 fully saturated rings. The molecular weight excluding hydrogens is 328 g/mol. The zero-order valence-electron chi connectivity index (χ0n) is 17.6. The summed E-state index contributed by atoms with van der Waals surface area (Å²) in [5.74, 6) is 6.83. The summed E-state index contributed by atoms with van der Waals surface area (Å²) in [6.07, 6.45) is 12.7. The predicted molar refractivity (Wildman–Crippen MR) is 112 cm³/mol. The molecule has 0 aliphatic heterocycles. The summed E-state index contributed by atoms with van der Waals surface area (Å²) in [7, 11) is 0. The van der Waals surface area contributed by atoms with Gasteiger partial charge >= 0.3 is 0 Å². The van der Waals surface area contributed by atoms with Crippen molar-refractivity contribution in [3.05, 3.63) is 29.3 Å². The molecule has 3 unspecified atom stereocenters. The minimum absolute atomic E-state index is 0.462. The van der Waals surface area contributed by atoms with E-state index in [1.165, 1.54) is 63.4 Å². The first-order valence-corrected chi connectivity index (χ1v) is 11.8. The van der Waals surface area contributed by atoms with Gasteiger partial charge in [0.25, 0.3) is 0 Å². The van der Waals surface area contributed by atoms with Gasteiger partial charge in [-0.3, -0.25) is 0 Å². The maximum atomic E-state index is 10.1. The number of hydrogen-bond acceptors (Lipinski definition) is 1. The maximum Gasteiger partial charge on any atom is 0.115 e. The van der Waals surface area contributed by atoms with E-state index in [-0.39, 0.29) is 0 Å². The van der Waals surface area contributed by atoms with E-state index in [4.69, 9.17) is 0 Å². The summed E-state index contributed by atoms with van der Waals surface area (Å²) in [6.45, 7) is 7.57. The van der Waals surface area contributed by atoms with Gasteiger partial charge in [-0.1, -0.05) is 46.1 Å². The van der Waals surface area contributed by atoms with Crippen LogP contribution in [0.1, 0.15) is 89.2 Å². The molecule has 0 bridgehead atoms. The molecule has 1 nitrogen and oxygen atoms in total. The molecule has 1 heteroatoms. The Labute approximate surface area is 166 Å². The lowest BCUT2D eigenvalue weighted by molar-refractivity contribution is -0.0120. The van der Waals surface area contributed by atoms with Crippen molar-refractivity contribution in [2.24, 2.45) is 40.9 Å². The van der Waals surface area contributed by atoms with Crippen molar-refractivity contribution < 1.29 is 5.11 Å². The summed E-state index contributed by atoms with van der Waals surface area (Å²) in [5, 5.41) is 10.1. The Morgan fingerprint density at radius 2 is 1.96 bits per heavy atom. The molecule has 1 aromatic rings. The molecule has 0 spiro atoms. The van der Waals surface area contributed by atoms with Crippen LogP contribution >= 0.6 is 0 Å². The van der Waals surface area contributed by atoms with Crippen molar-refractivity contribution in [2.45, 2.75) is 84.5 Å². The molecule has 5 rings (SSSR count). The highest BCUT2D eigenvalue weighted by atomic mass is 16.3. The molecule has 1 aromatic carbocycles. The number of phenolic OH excluding ortho intramolecular Hbond substituents is 1. The van der Waals surface area contributed by atoms with Crippen LogP contribution in [-0.4, -0.2) is 5.11 Å². The van der Waals surface area contributed by atoms with E-state index in [0.717, 1.165) is 41.4 Å². The minimum Gasteiger partial charge on any atom is -0.508 e. The van der Waals surface area contributed by atoms with Gasteiger partial charge in [0.1, 0.15) is 5.75 Å². The van der Waals surface area contributed by atoms with Crippen molar-refractivity contribution in [1.82, 2.24) is 0 Å². The van der Waals surface area contributed by atoms with Gasteiger partial charge in [-0.25, -0.2) is 0 Å². The second-order valence-electron chi connectivity index (χ2n) is 11.0. The Kier molecular flexibility index (Phi) is 4.37. The molecule has 3 saturated carbocycles. The third kappa shape index (κ3) is 2.70. The molecule has 0 aromatic heterocycles. The van der Waals surface area contributed by atoms with Crippen LogP contribution in [0, 0.1) is 40.9 Å². The summed E-state index contributed by atoms with van der Waals surface area (Å²) in [4.78, 5) is 0. The summed E-state index contributed by atoms with van der Waals surface area (Å²) >= 11 is 0. The number of fused-ring (bicyclic) bond motifs is 7. The normalized spacial score (nSPS) is 45.5. The standard InChI is InChI=1S/C26H38O/c1-4-5-18-13-19-14-20(27)8-9-21(19)22-10-11-26(3)23-12-16(2)6-7-17(23)15-24(26)25(18)22/h8-9,14,16-18,22-25,27H,4-7,10-13,15H2,1-3H3/t16-,17+,18+,22?,23+,24?,25?,26+/m0/s1. The lowest BCUT2D eigenvalue weighted by Crippen LogP contribution is -2.46. The Morgan fingerprint density at radius 1 is 1.11 bits per heavy atom. The molecule has 4 aliphatic rings. The van der Waals surface area contributed by atoms with Crippen LogP contribution in [0.15, 0.2) is 18.2 Å². The number of rotatable bonds is 2. The van der Waals surface area contributed by atoms with Gasteiger partial charge in [-0.05, 0) is 109 Å². The van der Waals surface area contributed by atoms with E-state index >= 15 is 0 Å². The van der Waals surface area contributed by atoms with Crippen LogP contribution in [0.5, 0.6) is 5.75 Å². The zero-order chi connectivity index (χ0) is 18.8. The number of aromatic hydroxyl groups is 1. The molecule has 8 atom stereocenters. The van der Waals surface area contributed by atoms with E-state index in [0.29, 0.717) is 11.2 Å². The topological polar surface area (TPSA) is 20.2 Å². The fourth-order valence-electron chi connectivity index (χ4n) is 8.55. The second kappa shape index (κ2) is 6.53. The highest BCUT2D eigenvalue weighted by Crippen LogP contribution is 2.68. The van der Waals surface area contributed by atoms with Crippen LogP contribution in [0.4, 0.5) is 0 Å². The average molecular weight is 367 g/mol. The van der Waals surface area contributed by atoms with E-state index < -0.39 is 0 Å². The third-order valence-corrected chi connectivity index (χ3v) is 9.64. The fourth-order valence-corrected chi connectivity index (χ4v) is 8.55. The second-order valence-corrected chi connectivity index (χ2v) is 11.0. The molecule has 27 heavy (non-hydrogen) atoms. The van der Waals surface area contributed by atoms with E-state index in [9.17, 15) is 5.11 Å². The van der Waals surface area contributed by atoms with Crippen molar-refractivity contribution in [3.63, 3.8) is 0 Å². The molecule has 4 aliphatic carbocycles. The Bertz CT molecular complexity index is 708. The highest BCUT2D eigenvalue weighted by molar-refractivity contribution is 5.40. The largest absolute Gasteiger partial charge is 0.508 e. The lowest BCUT2D eigenvalue weighted by Gasteiger charge is -2.54. The van der Waals surface area contributed by atoms with E-state index in [1.54, 1.807) is 5.56 Å². The molecule has 1 N–H and O–H groups in total. The van der Waals surface area contributed by atoms with Crippen LogP contribution in [0.3, 0.4) is 0 Å². The van der Waals surface area contributed by atoms with Gasteiger partial charge in [-0.2, -0.15) is 0 Å². The van der Waals surface area contributed by atoms with Crippen molar-refractivity contribution >= 4 is 0 Å². The molecule has 0 amide bonds. The van der Waals surface area contributed by atoms with E-state index in [1.807, 2.05) is 6.07 Å². The molecule has 0 radical (unpaired) electrons. The summed E-state index contributed by atoms with van der Waals surface area (Å²) in [5.41, 5.74) is 3.65. The Balaban J connectivity index is 1.53. The molecule has 0 heterocycles. The zero-order valence-corrected chi connectivity index (χ0v) is 17.6. The van der Waals surface area contributed by atoms with Crippen molar-refractivity contribution in [1.29, 1.82) is 0 Å². The average Bonchev–Trinajstić information content (AvgIpc) is 2.94. The monoisotopic (exact) mass is 366 g/mol. The fraction of sp³-hybridized carbons (Fsp3) is 0.769. The molecular formula is C26H38O. The number of hydrogen-bond donors (Lipinski definition) is 1. The SMILES string of the molecule is CCC[C@@H]1Cc2cc(O)ccc2C2CC[C@@]3(C)C(C[C@H]4CC[C@H](C)C[C@H]43)C21. The summed E-state index contributed by atoms with van der Waals surface area (Å²) < 4.78 is 0. The van der Waals surface area contributed by atoms with Gasteiger partial charge in [0, 0.05) is 0 Å². The quantitative estimate of drug-likeness (QED) is 0.601. The van der Waals surface area contributed by atoms with Crippen LogP contribution in [-0.2, 0) is 6.42 Å². The maximum absolute atomic E-state index is 10.1. The minimum atomic E-state index is 0.462. The van der Waals surface area contributed by atoms with Crippen molar-refractivity contribution in [2.75, 3.05) is 0 Å². The predicted octanol–water partition coefficient (Wildman–Crippen LogP) is 6.94. The Hall–Kier alpha value is -0.980. The molecule has 0 saturated heterocycles. The van der Waals surface area contributed by atoms with Crippen LogP contribution < -0.4 is 0 Å². The Morgan fingerprint density at radius 3 is 2.78 bits per heavy atom. The molecule has 148 valence electrons. The lowest BCUT2D eigenvalue weighted by atomic mass is 9.50. The van der Waals surface area contributed by atoms with Crippen molar-refractivity contribution in [3.8, 4) is 5.75 Å². The van der Waals surface area contributed by atoms with Gasteiger partial charge in [0.15, 0.2) is 0 Å². The third-order valence-electron chi connectivity index (χ3n) is 9.64. The van der Waals surface area contributed by atoms with Gasteiger partial charge in [-0.15, -0.1) is 0 Å². The van der Waals surface area contributed by atoms with Crippen LogP contribution in [0.2, 0.25) is 0 Å². The van der Waals surface area contributed by atoms with Gasteiger partial charge < -0.3 is 5.11 Å². The highest BCUT2D eigenvalue weighted by Gasteiger charge is 2.60. The first-order chi connectivity index (χ1) is 13.0. The van der Waals surface area contributed by atoms with Crippen LogP contribution in [0.25, 0.3) is 0 Å².